The van der Waals surface area contributed by atoms with Crippen LogP contribution in [0.25, 0.3) is 0 Å². The van der Waals surface area contributed by atoms with E-state index in [4.69, 9.17) is 4.52 Å². The first kappa shape index (κ1) is 10.5. The second-order valence-corrected chi connectivity index (χ2v) is 9.11. The van der Waals surface area contributed by atoms with Crippen LogP contribution in [-0.2, 0) is 4.52 Å². The molecule has 4 nitrogen and oxygen atoms in total. The molecule has 2 heterocycles. The molecule has 0 radical (unpaired) electrons. The molecule has 1 saturated heterocycles. The Bertz CT molecular complexity index is 519. The van der Waals surface area contributed by atoms with Gasteiger partial charge in [0.2, 0.25) is 0 Å². The summed E-state index contributed by atoms with van der Waals surface area (Å²) in [5, 5.41) is 0. The first-order valence-corrected chi connectivity index (χ1v) is 8.87. The topological polar surface area (TPSA) is 32.8 Å². The average Bonchev–Trinajstić information content (AvgIpc) is 2.70. The van der Waals surface area contributed by atoms with Crippen molar-refractivity contribution in [2.24, 2.45) is 0 Å². The van der Waals surface area contributed by atoms with Crippen molar-refractivity contribution in [1.82, 2.24) is 4.67 Å². The van der Waals surface area contributed by atoms with Gasteiger partial charge in [-0.2, -0.15) is 0 Å². The molecule has 1 fully saturated rings. The van der Waals surface area contributed by atoms with Gasteiger partial charge in [0, 0.05) is 0 Å². The zero-order valence-corrected chi connectivity index (χ0v) is 11.4. The van der Waals surface area contributed by atoms with Gasteiger partial charge in [-0.1, -0.05) is 0 Å². The van der Waals surface area contributed by atoms with E-state index in [1.54, 1.807) is 11.7 Å². The number of anilines is 1. The predicted molar refractivity (Wildman–Crippen MR) is 64.5 cm³/mol. The quantitative estimate of drug-likeness (QED) is 0.537. The summed E-state index contributed by atoms with van der Waals surface area (Å²) in [6, 6.07) is 5.70. The fourth-order valence-corrected chi connectivity index (χ4v) is 6.19. The minimum absolute atomic E-state index is 0.0424. The molecule has 0 N–H and O–H groups in total. The molecule has 1 aromatic carbocycles. The second kappa shape index (κ2) is 3.44. The van der Waals surface area contributed by atoms with Crippen molar-refractivity contribution < 1.29 is 9.32 Å². The maximum atomic E-state index is 12.2. The van der Waals surface area contributed by atoms with Crippen LogP contribution in [0, 0.1) is 0 Å². The van der Waals surface area contributed by atoms with E-state index in [-0.39, 0.29) is 5.91 Å². The first-order valence-electron chi connectivity index (χ1n) is 5.05. The van der Waals surface area contributed by atoms with Crippen molar-refractivity contribution >= 4 is 32.7 Å². The molecular weight excluding hydrogens is 290 g/mol. The van der Waals surface area contributed by atoms with Crippen LogP contribution in [0.5, 0.6) is 0 Å². The van der Waals surface area contributed by atoms with Gasteiger partial charge in [-0.25, -0.2) is 0 Å². The van der Waals surface area contributed by atoms with E-state index < -0.39 is 6.04 Å². The first-order chi connectivity index (χ1) is 7.64. The number of para-hydroxylation sites is 1. The molecule has 0 saturated carbocycles. The van der Waals surface area contributed by atoms with E-state index in [9.17, 15) is 4.79 Å². The molecule has 1 aromatic rings. The van der Waals surface area contributed by atoms with Crippen molar-refractivity contribution in [1.29, 1.82) is 0 Å². The van der Waals surface area contributed by atoms with Crippen molar-refractivity contribution in [3.05, 3.63) is 29.8 Å². The molecule has 0 aromatic heterocycles. The molecule has 84 valence electrons. The van der Waals surface area contributed by atoms with Crippen molar-refractivity contribution in [3.63, 3.8) is 0 Å². The number of carbonyl (C=O) groups excluding carboxylic acids is 1. The van der Waals surface area contributed by atoms with Gasteiger partial charge in [-0.15, -0.1) is 0 Å². The monoisotopic (exact) mass is 302 g/mol. The fraction of sp³-hybridized carbons (Fsp3) is 0.300. The summed E-state index contributed by atoms with van der Waals surface area (Å²) in [6.07, 6.45) is 0. The zero-order valence-electron chi connectivity index (χ0n) is 8.79. The average molecular weight is 301 g/mol. The van der Waals surface area contributed by atoms with E-state index in [1.807, 2.05) is 24.3 Å². The summed E-state index contributed by atoms with van der Waals surface area (Å²) in [5.74, 6) is 0.0424. The Morgan fingerprint density at radius 1 is 1.44 bits per heavy atom. The zero-order chi connectivity index (χ0) is 11.3. The number of rotatable bonds is 0. The van der Waals surface area contributed by atoms with Gasteiger partial charge < -0.3 is 0 Å². The van der Waals surface area contributed by atoms with Gasteiger partial charge in [-0.05, 0) is 0 Å². The number of hydrogen-bond acceptors (Lipinski definition) is 3. The third-order valence-corrected chi connectivity index (χ3v) is 8.88. The molecule has 0 bridgehead atoms. The van der Waals surface area contributed by atoms with Crippen LogP contribution in [0.15, 0.2) is 24.3 Å². The molecule has 2 aliphatic rings. The van der Waals surface area contributed by atoms with Crippen LogP contribution in [0.1, 0.15) is 10.4 Å². The predicted octanol–water partition coefficient (Wildman–Crippen LogP) is 1.45. The Kier molecular flexibility index (Phi) is 2.27. The van der Waals surface area contributed by atoms with Crippen LogP contribution in [-0.4, -0.2) is 45.9 Å². The summed E-state index contributed by atoms with van der Waals surface area (Å²) in [6.45, 7) is 1.52. The summed E-state index contributed by atoms with van der Waals surface area (Å²) in [4.78, 5) is 12.2. The van der Waals surface area contributed by atoms with Gasteiger partial charge in [0.25, 0.3) is 0 Å². The molecule has 0 aliphatic carbocycles. The van der Waals surface area contributed by atoms with Crippen molar-refractivity contribution in [2.75, 3.05) is 24.9 Å². The third-order valence-electron chi connectivity index (χ3n) is 2.95. The summed E-state index contributed by atoms with van der Waals surface area (Å²) >= 11 is 3.10. The Morgan fingerprint density at radius 3 is 3.00 bits per heavy atom. The number of nitrogens with zero attached hydrogens (tertiary/aromatic N) is 2. The van der Waals surface area contributed by atoms with Crippen LogP contribution in [0.3, 0.4) is 0 Å². The van der Waals surface area contributed by atoms with Gasteiger partial charge in [0.05, 0.1) is 0 Å². The molecule has 6 heteroatoms. The van der Waals surface area contributed by atoms with E-state index >= 15 is 0 Å². The van der Waals surface area contributed by atoms with Gasteiger partial charge in [0.15, 0.2) is 0 Å². The fourth-order valence-electron chi connectivity index (χ4n) is 2.12. The van der Waals surface area contributed by atoms with E-state index in [0.29, 0.717) is 6.61 Å². The molecule has 2 aliphatic heterocycles. The number of amides is 1. The number of carbonyl (C=O) groups is 1. The van der Waals surface area contributed by atoms with Crippen molar-refractivity contribution in [2.45, 2.75) is 0 Å². The number of benzene rings is 1. The van der Waals surface area contributed by atoms with E-state index in [0.717, 1.165) is 17.8 Å². The third kappa shape index (κ3) is 1.20. The molecule has 1 amide bonds. The van der Waals surface area contributed by atoms with Crippen LogP contribution < -0.4 is 4.67 Å². The molecular formula is C10H11N2O2PSe. The van der Waals surface area contributed by atoms with Gasteiger partial charge in [-0.3, -0.25) is 0 Å². The number of fused-ring (bicyclic) bond motifs is 3. The SMILES string of the molecule is CN1C(=O)c2ccccc2N2CCOP12=[Se]. The van der Waals surface area contributed by atoms with Crippen LogP contribution in [0.4, 0.5) is 5.69 Å². The Hall–Kier alpha value is -0.601. The van der Waals surface area contributed by atoms with Gasteiger partial charge in [0.1, 0.15) is 0 Å². The molecule has 1 atom stereocenters. The van der Waals surface area contributed by atoms with E-state index in [1.165, 1.54) is 0 Å². The number of hydrogen-bond donors (Lipinski definition) is 0. The Balaban J connectivity index is 2.26. The summed E-state index contributed by atoms with van der Waals surface area (Å²) < 4.78 is 9.69. The minimum atomic E-state index is -2.01. The second-order valence-electron chi connectivity index (χ2n) is 3.79. The molecule has 0 spiro atoms. The van der Waals surface area contributed by atoms with Crippen molar-refractivity contribution in [3.8, 4) is 0 Å². The van der Waals surface area contributed by atoms with Crippen LogP contribution >= 0.6 is 6.04 Å². The summed E-state index contributed by atoms with van der Waals surface area (Å²) in [5.41, 5.74) is 1.76. The normalized spacial score (nSPS) is 27.9. The standard InChI is InChI=1S/C10H11N2O2PSe/c1-11-10(13)8-4-2-3-5-9(8)12-6-7-14-15(11,12)16/h2-5H,6-7H2,1H3. The van der Waals surface area contributed by atoms with Crippen LogP contribution in [0.2, 0.25) is 0 Å². The Morgan fingerprint density at radius 2 is 2.19 bits per heavy atom. The summed E-state index contributed by atoms with van der Waals surface area (Å²) in [7, 11) is 1.81. The molecule has 1 unspecified atom stereocenters. The molecule has 3 rings (SSSR count). The molecule has 16 heavy (non-hydrogen) atoms. The van der Waals surface area contributed by atoms with E-state index in [2.05, 4.69) is 19.8 Å². The maximum absolute atomic E-state index is 12.2. The Labute approximate surface area is 102 Å². The van der Waals surface area contributed by atoms with Gasteiger partial charge >= 0.3 is 101 Å².